The molecule has 0 aliphatic heterocycles. The number of anilines is 1. The zero-order valence-corrected chi connectivity index (χ0v) is 28.6. The summed E-state index contributed by atoms with van der Waals surface area (Å²) in [4.78, 5) is 29.1. The van der Waals surface area contributed by atoms with Crippen molar-refractivity contribution in [2.75, 3.05) is 17.4 Å². The molecular weight excluding hydrogens is 682 g/mol. The van der Waals surface area contributed by atoms with Crippen LogP contribution in [0.5, 0.6) is 0 Å². The summed E-state index contributed by atoms with van der Waals surface area (Å²) in [5.74, 6) is -2.15. The fourth-order valence-corrected chi connectivity index (χ4v) is 6.67. The van der Waals surface area contributed by atoms with E-state index in [9.17, 15) is 31.2 Å². The van der Waals surface area contributed by atoms with Crippen LogP contribution in [0.3, 0.4) is 0 Å². The van der Waals surface area contributed by atoms with Gasteiger partial charge in [-0.05, 0) is 54.8 Å². The maximum absolute atomic E-state index is 15.1. The van der Waals surface area contributed by atoms with E-state index >= 15 is 4.39 Å². The summed E-state index contributed by atoms with van der Waals surface area (Å²) < 4.78 is 85.7. The topological polar surface area (TPSA) is 86.8 Å². The highest BCUT2D eigenvalue weighted by atomic mass is 35.5. The molecule has 0 saturated heterocycles. The van der Waals surface area contributed by atoms with E-state index in [2.05, 4.69) is 5.32 Å². The molecule has 0 spiro atoms. The highest BCUT2D eigenvalue weighted by molar-refractivity contribution is 7.92. The monoisotopic (exact) mass is 717 g/mol. The Morgan fingerprint density at radius 1 is 0.898 bits per heavy atom. The number of carbonyl (C=O) groups excluding carboxylic acids is 2. The fourth-order valence-electron chi connectivity index (χ4n) is 5.04. The lowest BCUT2D eigenvalue weighted by Gasteiger charge is -2.34. The number of aryl methyl sites for hydroxylation is 1. The van der Waals surface area contributed by atoms with Crippen LogP contribution in [0.2, 0.25) is 5.02 Å². The maximum atomic E-state index is 15.1. The van der Waals surface area contributed by atoms with E-state index in [0.29, 0.717) is 15.9 Å². The van der Waals surface area contributed by atoms with E-state index in [1.54, 1.807) is 43.3 Å². The lowest BCUT2D eigenvalue weighted by molar-refractivity contribution is -0.140. The van der Waals surface area contributed by atoms with Crippen molar-refractivity contribution in [2.24, 2.45) is 5.92 Å². The number of amides is 2. The molecule has 4 aromatic carbocycles. The SMILES string of the molecule is Cc1ccc(S(=O)(=O)N(CC(=O)N(Cc2ccccc2F)C(Cc2ccccc2)C(=O)NCC(C)C)c2ccc(Cl)c(C(F)(F)F)c2)cc1. The Balaban J connectivity index is 1.87. The zero-order chi connectivity index (χ0) is 35.9. The van der Waals surface area contributed by atoms with Crippen molar-refractivity contribution < 1.29 is 35.6 Å². The highest BCUT2D eigenvalue weighted by Crippen LogP contribution is 2.38. The third-order valence-electron chi connectivity index (χ3n) is 7.69. The summed E-state index contributed by atoms with van der Waals surface area (Å²) in [5.41, 5.74) is -0.360. The minimum Gasteiger partial charge on any atom is -0.354 e. The summed E-state index contributed by atoms with van der Waals surface area (Å²) >= 11 is 5.86. The van der Waals surface area contributed by atoms with Gasteiger partial charge in [0.05, 0.1) is 21.2 Å². The van der Waals surface area contributed by atoms with Gasteiger partial charge in [0.1, 0.15) is 18.4 Å². The minimum absolute atomic E-state index is 0.0190. The number of nitrogens with one attached hydrogen (secondary N) is 1. The Bertz CT molecular complexity index is 1870. The molecule has 1 unspecified atom stereocenters. The van der Waals surface area contributed by atoms with Gasteiger partial charge in [0.25, 0.3) is 10.0 Å². The summed E-state index contributed by atoms with van der Waals surface area (Å²) in [5, 5.41) is 2.15. The lowest BCUT2D eigenvalue weighted by Crippen LogP contribution is -2.53. The molecule has 0 fully saturated rings. The minimum atomic E-state index is -4.94. The van der Waals surface area contributed by atoms with Crippen LogP contribution in [0.4, 0.5) is 23.2 Å². The number of benzene rings is 4. The average Bonchev–Trinajstić information content (AvgIpc) is 3.05. The lowest BCUT2D eigenvalue weighted by atomic mass is 10.0. The van der Waals surface area contributed by atoms with Gasteiger partial charge in [-0.25, -0.2) is 12.8 Å². The maximum Gasteiger partial charge on any atom is 0.417 e. The second-order valence-electron chi connectivity index (χ2n) is 11.9. The van der Waals surface area contributed by atoms with Crippen LogP contribution in [0.15, 0.2) is 102 Å². The van der Waals surface area contributed by atoms with Gasteiger partial charge in [-0.3, -0.25) is 13.9 Å². The first-order valence-corrected chi connectivity index (χ1v) is 17.2. The van der Waals surface area contributed by atoms with Gasteiger partial charge in [-0.2, -0.15) is 13.2 Å². The molecule has 13 heteroatoms. The van der Waals surface area contributed by atoms with E-state index in [1.807, 2.05) is 13.8 Å². The molecule has 4 rings (SSSR count). The second-order valence-corrected chi connectivity index (χ2v) is 14.2. The van der Waals surface area contributed by atoms with E-state index in [1.165, 1.54) is 42.5 Å². The third-order valence-corrected chi connectivity index (χ3v) is 9.80. The molecule has 260 valence electrons. The predicted molar refractivity (Wildman–Crippen MR) is 181 cm³/mol. The molecule has 0 aromatic heterocycles. The Kier molecular flexibility index (Phi) is 12.1. The standard InChI is InChI=1S/C36H36ClF4N3O4S/c1-24(2)21-42-35(46)33(19-26-9-5-4-6-10-26)43(22-27-11-7-8-12-32(27)38)34(45)23-44(49(47,48)29-16-13-25(3)14-17-29)28-15-18-31(37)30(20-28)36(39,40)41/h4-18,20,24,33H,19,21-23H2,1-3H3,(H,42,46). The van der Waals surface area contributed by atoms with Gasteiger partial charge < -0.3 is 10.2 Å². The van der Waals surface area contributed by atoms with Gasteiger partial charge in [-0.15, -0.1) is 0 Å². The van der Waals surface area contributed by atoms with Crippen LogP contribution in [0.1, 0.15) is 36.1 Å². The number of alkyl halides is 3. The summed E-state index contributed by atoms with van der Waals surface area (Å²) in [6, 6.07) is 21.2. The van der Waals surface area contributed by atoms with Gasteiger partial charge in [0.15, 0.2) is 0 Å². The molecule has 1 atom stereocenters. The van der Waals surface area contributed by atoms with Gasteiger partial charge in [-0.1, -0.05) is 91.7 Å². The molecule has 49 heavy (non-hydrogen) atoms. The summed E-state index contributed by atoms with van der Waals surface area (Å²) in [6.07, 6.45) is -4.96. The van der Waals surface area contributed by atoms with Crippen LogP contribution in [0.25, 0.3) is 0 Å². The van der Waals surface area contributed by atoms with Crippen LogP contribution in [-0.2, 0) is 38.8 Å². The molecule has 1 N–H and O–H groups in total. The van der Waals surface area contributed by atoms with Crippen LogP contribution >= 0.6 is 11.6 Å². The normalized spacial score (nSPS) is 12.4. The number of nitrogens with zero attached hydrogens (tertiary/aromatic N) is 2. The molecule has 4 aromatic rings. The van der Waals surface area contributed by atoms with Gasteiger partial charge in [0.2, 0.25) is 11.8 Å². The number of hydrogen-bond donors (Lipinski definition) is 1. The summed E-state index contributed by atoms with van der Waals surface area (Å²) in [6.45, 7) is 4.28. The van der Waals surface area contributed by atoms with Crippen molar-refractivity contribution in [3.8, 4) is 0 Å². The third kappa shape index (κ3) is 9.60. The number of sulfonamides is 1. The van der Waals surface area contributed by atoms with E-state index in [4.69, 9.17) is 11.6 Å². The Labute approximate surface area is 288 Å². The number of halogens is 5. The van der Waals surface area contributed by atoms with Gasteiger partial charge in [0, 0.05) is 25.1 Å². The van der Waals surface area contributed by atoms with Crippen LogP contribution in [0, 0.1) is 18.7 Å². The van der Waals surface area contributed by atoms with Gasteiger partial charge >= 0.3 is 6.18 Å². The first-order chi connectivity index (χ1) is 23.1. The second kappa shape index (κ2) is 15.9. The highest BCUT2D eigenvalue weighted by Gasteiger charge is 2.38. The van der Waals surface area contributed by atoms with Crippen LogP contribution < -0.4 is 9.62 Å². The molecule has 0 aliphatic carbocycles. The molecule has 0 saturated carbocycles. The van der Waals surface area contributed by atoms with E-state index in [0.717, 1.165) is 22.6 Å². The number of rotatable bonds is 13. The van der Waals surface area contributed by atoms with Crippen molar-refractivity contribution >= 4 is 39.1 Å². The Morgan fingerprint density at radius 2 is 1.53 bits per heavy atom. The van der Waals surface area contributed by atoms with E-state index in [-0.39, 0.29) is 29.3 Å². The molecule has 2 amide bonds. The molecular formula is C36H36ClF4N3O4S. The zero-order valence-electron chi connectivity index (χ0n) is 27.0. The molecule has 0 radical (unpaired) electrons. The average molecular weight is 718 g/mol. The van der Waals surface area contributed by atoms with Crippen molar-refractivity contribution in [1.29, 1.82) is 0 Å². The Hall–Kier alpha value is -4.42. The van der Waals surface area contributed by atoms with Crippen LogP contribution in [-0.4, -0.2) is 44.3 Å². The predicted octanol–water partition coefficient (Wildman–Crippen LogP) is 7.41. The molecule has 0 bridgehead atoms. The fraction of sp³-hybridized carbons (Fsp3) is 0.278. The quantitative estimate of drug-likeness (QED) is 0.146. The van der Waals surface area contributed by atoms with E-state index < -0.39 is 69.2 Å². The Morgan fingerprint density at radius 3 is 2.14 bits per heavy atom. The molecule has 0 heterocycles. The van der Waals surface area contributed by atoms with Crippen molar-refractivity contribution in [3.05, 3.63) is 130 Å². The smallest absolute Gasteiger partial charge is 0.354 e. The van der Waals surface area contributed by atoms with Crippen molar-refractivity contribution in [2.45, 2.75) is 50.9 Å². The number of carbonyl (C=O) groups is 2. The summed E-state index contributed by atoms with van der Waals surface area (Å²) in [7, 11) is -4.68. The molecule has 7 nitrogen and oxygen atoms in total. The van der Waals surface area contributed by atoms with Crippen molar-refractivity contribution in [1.82, 2.24) is 10.2 Å². The van der Waals surface area contributed by atoms with Crippen molar-refractivity contribution in [3.63, 3.8) is 0 Å². The number of hydrogen-bond acceptors (Lipinski definition) is 4. The first kappa shape index (κ1) is 37.4. The molecule has 0 aliphatic rings. The first-order valence-electron chi connectivity index (χ1n) is 15.4. The largest absolute Gasteiger partial charge is 0.417 e.